The molecule has 8 heteroatoms. The van der Waals surface area contributed by atoms with Gasteiger partial charge < -0.3 is 0 Å². The first-order chi connectivity index (χ1) is 11.9. The van der Waals surface area contributed by atoms with Gasteiger partial charge in [-0.05, 0) is 29.5 Å². The van der Waals surface area contributed by atoms with Crippen LogP contribution < -0.4 is 0 Å². The quantitative estimate of drug-likeness (QED) is 0.751. The first-order valence-electron chi connectivity index (χ1n) is 7.83. The third-order valence-electron chi connectivity index (χ3n) is 4.07. The first-order valence-corrected chi connectivity index (χ1v) is 12.0. The van der Waals surface area contributed by atoms with Crippen LogP contribution in [0.5, 0.6) is 0 Å². The summed E-state index contributed by atoms with van der Waals surface area (Å²) < 4.78 is 50.7. The van der Waals surface area contributed by atoms with Crippen molar-refractivity contribution in [2.24, 2.45) is 0 Å². The van der Waals surface area contributed by atoms with E-state index < -0.39 is 25.9 Å². The maximum absolute atomic E-state index is 12.9. The Kier molecular flexibility index (Phi) is 5.43. The fraction of sp³-hybridized carbons (Fsp3) is 0.294. The van der Waals surface area contributed by atoms with Gasteiger partial charge in [-0.25, -0.2) is 16.8 Å². The Morgan fingerprint density at radius 3 is 2.52 bits per heavy atom. The molecule has 0 spiro atoms. The highest BCUT2D eigenvalue weighted by molar-refractivity contribution is 7.93. The monoisotopic (exact) mass is 397 g/mol. The average Bonchev–Trinajstić information content (AvgIpc) is 3.21. The van der Waals surface area contributed by atoms with E-state index in [0.717, 1.165) is 10.4 Å². The van der Waals surface area contributed by atoms with Gasteiger partial charge >= 0.3 is 0 Å². The van der Waals surface area contributed by atoms with Gasteiger partial charge in [-0.1, -0.05) is 36.4 Å². The standard InChI is InChI=1S/C17H19NO4S3/c19-24(20)11-9-16(14-24)18(13-17-7-4-10-23-17)25(21,22)12-8-15-5-2-1-3-6-15/h1-8,10,12,16H,9,11,13-14H2/b12-8+. The minimum atomic E-state index is -3.74. The van der Waals surface area contributed by atoms with Gasteiger partial charge in [-0.15, -0.1) is 11.3 Å². The summed E-state index contributed by atoms with van der Waals surface area (Å²) in [7, 11) is -6.91. The number of sulfonamides is 1. The van der Waals surface area contributed by atoms with E-state index in [2.05, 4.69) is 0 Å². The molecule has 1 fully saturated rings. The van der Waals surface area contributed by atoms with Crippen LogP contribution in [-0.4, -0.2) is 38.7 Å². The molecular formula is C17H19NO4S3. The zero-order chi connectivity index (χ0) is 17.9. The summed E-state index contributed by atoms with van der Waals surface area (Å²) in [4.78, 5) is 0.890. The lowest BCUT2D eigenvalue weighted by atomic mass is 10.2. The molecule has 3 rings (SSSR count). The second kappa shape index (κ2) is 7.41. The number of benzene rings is 1. The molecule has 2 heterocycles. The molecule has 0 radical (unpaired) electrons. The van der Waals surface area contributed by atoms with Gasteiger partial charge in [0.2, 0.25) is 10.0 Å². The molecule has 1 aromatic carbocycles. The van der Waals surface area contributed by atoms with E-state index in [1.54, 1.807) is 6.08 Å². The molecular weight excluding hydrogens is 378 g/mol. The Morgan fingerprint density at radius 2 is 1.92 bits per heavy atom. The smallest absolute Gasteiger partial charge is 0.229 e. The van der Waals surface area contributed by atoms with Crippen molar-refractivity contribution in [3.63, 3.8) is 0 Å². The molecule has 0 bridgehead atoms. The number of nitrogens with zero attached hydrogens (tertiary/aromatic N) is 1. The minimum absolute atomic E-state index is 0.0382. The van der Waals surface area contributed by atoms with E-state index in [-0.39, 0.29) is 18.1 Å². The molecule has 1 unspecified atom stereocenters. The number of rotatable bonds is 6. The summed E-state index contributed by atoms with van der Waals surface area (Å²) in [5.74, 6) is -0.0761. The van der Waals surface area contributed by atoms with Crippen LogP contribution in [0.1, 0.15) is 16.9 Å². The molecule has 0 N–H and O–H groups in total. The lowest BCUT2D eigenvalue weighted by Gasteiger charge is -2.25. The van der Waals surface area contributed by atoms with Gasteiger partial charge in [0, 0.05) is 22.9 Å². The Morgan fingerprint density at radius 1 is 1.16 bits per heavy atom. The summed E-state index contributed by atoms with van der Waals surface area (Å²) in [6.07, 6.45) is 1.88. The summed E-state index contributed by atoms with van der Waals surface area (Å²) in [5.41, 5.74) is 0.779. The van der Waals surface area contributed by atoms with E-state index in [1.165, 1.54) is 21.1 Å². The normalized spacial score (nSPS) is 20.4. The number of hydrogen-bond donors (Lipinski definition) is 0. The highest BCUT2D eigenvalue weighted by atomic mass is 32.2. The highest BCUT2D eigenvalue weighted by Gasteiger charge is 2.37. The topological polar surface area (TPSA) is 71.5 Å². The second-order valence-corrected chi connectivity index (χ2v) is 11.0. The van der Waals surface area contributed by atoms with Crippen molar-refractivity contribution in [3.05, 3.63) is 63.7 Å². The predicted molar refractivity (Wildman–Crippen MR) is 101 cm³/mol. The van der Waals surface area contributed by atoms with Gasteiger partial charge in [0.05, 0.1) is 11.5 Å². The summed E-state index contributed by atoms with van der Waals surface area (Å²) in [5, 5.41) is 3.05. The van der Waals surface area contributed by atoms with Crippen LogP contribution in [0.2, 0.25) is 0 Å². The fourth-order valence-corrected chi connectivity index (χ4v) is 6.80. The van der Waals surface area contributed by atoms with Crippen LogP contribution in [0.3, 0.4) is 0 Å². The van der Waals surface area contributed by atoms with Crippen molar-refractivity contribution in [3.8, 4) is 0 Å². The third-order valence-corrected chi connectivity index (χ3v) is 8.24. The van der Waals surface area contributed by atoms with Crippen LogP contribution in [0.4, 0.5) is 0 Å². The Balaban J connectivity index is 1.88. The van der Waals surface area contributed by atoms with Crippen LogP contribution in [0.25, 0.3) is 6.08 Å². The molecule has 0 aliphatic carbocycles. The zero-order valence-electron chi connectivity index (χ0n) is 13.5. The van der Waals surface area contributed by atoms with Crippen molar-refractivity contribution in [1.82, 2.24) is 4.31 Å². The van der Waals surface area contributed by atoms with Crippen LogP contribution in [0.15, 0.2) is 53.3 Å². The van der Waals surface area contributed by atoms with Crippen LogP contribution in [-0.2, 0) is 26.4 Å². The molecule has 1 saturated heterocycles. The van der Waals surface area contributed by atoms with Gasteiger partial charge in [0.1, 0.15) is 0 Å². The van der Waals surface area contributed by atoms with Gasteiger partial charge in [-0.2, -0.15) is 4.31 Å². The molecule has 1 atom stereocenters. The summed E-state index contributed by atoms with van der Waals surface area (Å²) in [6, 6.07) is 12.4. The van der Waals surface area contributed by atoms with Crippen LogP contribution >= 0.6 is 11.3 Å². The molecule has 0 amide bonds. The van der Waals surface area contributed by atoms with E-state index in [0.29, 0.717) is 6.42 Å². The summed E-state index contributed by atoms with van der Waals surface area (Å²) >= 11 is 1.46. The predicted octanol–water partition coefficient (Wildman–Crippen LogP) is 2.74. The van der Waals surface area contributed by atoms with Crippen molar-refractivity contribution in [2.45, 2.75) is 19.0 Å². The van der Waals surface area contributed by atoms with Crippen molar-refractivity contribution >= 4 is 37.3 Å². The van der Waals surface area contributed by atoms with Crippen molar-refractivity contribution in [2.75, 3.05) is 11.5 Å². The molecule has 1 aromatic heterocycles. The Hall–Kier alpha value is -1.48. The molecule has 0 saturated carbocycles. The lowest BCUT2D eigenvalue weighted by molar-refractivity contribution is 0.341. The van der Waals surface area contributed by atoms with E-state index in [4.69, 9.17) is 0 Å². The second-order valence-electron chi connectivity index (χ2n) is 5.94. The van der Waals surface area contributed by atoms with E-state index in [9.17, 15) is 16.8 Å². The van der Waals surface area contributed by atoms with Gasteiger partial charge in [0.15, 0.2) is 9.84 Å². The van der Waals surface area contributed by atoms with Gasteiger partial charge in [-0.3, -0.25) is 0 Å². The molecule has 1 aliphatic heterocycles. The fourth-order valence-electron chi connectivity index (χ4n) is 2.79. The van der Waals surface area contributed by atoms with Crippen molar-refractivity contribution in [1.29, 1.82) is 0 Å². The Bertz CT molecular complexity index is 933. The first kappa shape index (κ1) is 18.3. The molecule has 2 aromatic rings. The van der Waals surface area contributed by atoms with E-state index >= 15 is 0 Å². The van der Waals surface area contributed by atoms with Crippen molar-refractivity contribution < 1.29 is 16.8 Å². The van der Waals surface area contributed by atoms with Crippen LogP contribution in [0, 0.1) is 0 Å². The zero-order valence-corrected chi connectivity index (χ0v) is 15.9. The summed E-state index contributed by atoms with van der Waals surface area (Å²) in [6.45, 7) is 0.194. The number of thiophene rings is 1. The average molecular weight is 398 g/mol. The number of hydrogen-bond acceptors (Lipinski definition) is 5. The molecule has 25 heavy (non-hydrogen) atoms. The Labute approximate surface area is 152 Å². The highest BCUT2D eigenvalue weighted by Crippen LogP contribution is 2.25. The van der Waals surface area contributed by atoms with E-state index in [1.807, 2.05) is 47.8 Å². The van der Waals surface area contributed by atoms with Gasteiger partial charge in [0.25, 0.3) is 0 Å². The SMILES string of the molecule is O=S1(=O)CCC(N(Cc2cccs2)S(=O)(=O)/C=C/c2ccccc2)C1. The minimum Gasteiger partial charge on any atom is -0.229 e. The molecule has 5 nitrogen and oxygen atoms in total. The largest absolute Gasteiger partial charge is 0.236 e. The number of sulfone groups is 1. The molecule has 1 aliphatic rings. The third kappa shape index (κ3) is 4.78. The molecule has 134 valence electrons. The lowest BCUT2D eigenvalue weighted by Crippen LogP contribution is -2.39. The maximum atomic E-state index is 12.9. The maximum Gasteiger partial charge on any atom is 0.236 e.